The molecular formula is C13H20N2O5S. The number of nitrogens with one attached hydrogen (secondary N) is 1. The summed E-state index contributed by atoms with van der Waals surface area (Å²) in [7, 11) is -0.581. The normalized spacial score (nSPS) is 18.5. The highest BCUT2D eigenvalue weighted by molar-refractivity contribution is 7.92. The van der Waals surface area contributed by atoms with Crippen molar-refractivity contribution in [3.05, 3.63) is 12.1 Å². The summed E-state index contributed by atoms with van der Waals surface area (Å²) < 4.78 is 42.3. The average Bonchev–Trinajstić information content (AvgIpc) is 2.92. The molecule has 118 valence electrons. The molecule has 0 aromatic heterocycles. The number of hydrogen-bond acceptors (Lipinski definition) is 6. The standard InChI is InChI=1S/C13H20N2O5S/c1-18-12-6-10(14)11(7-13(12)19-2)15-21(16,17)8-9-4-3-5-20-9/h6-7,9,15H,3-5,8,14H2,1-2H3. The van der Waals surface area contributed by atoms with Crippen molar-refractivity contribution in [2.45, 2.75) is 18.9 Å². The molecule has 8 heteroatoms. The predicted molar refractivity (Wildman–Crippen MR) is 80.3 cm³/mol. The van der Waals surface area contributed by atoms with Crippen LogP contribution in [0.5, 0.6) is 11.5 Å². The Morgan fingerprint density at radius 3 is 2.57 bits per heavy atom. The number of hydrogen-bond donors (Lipinski definition) is 2. The van der Waals surface area contributed by atoms with Gasteiger partial charge in [-0.25, -0.2) is 8.42 Å². The van der Waals surface area contributed by atoms with Gasteiger partial charge >= 0.3 is 0 Å². The van der Waals surface area contributed by atoms with E-state index in [9.17, 15) is 8.42 Å². The zero-order valence-corrected chi connectivity index (χ0v) is 12.9. The van der Waals surface area contributed by atoms with Crippen LogP contribution in [0, 0.1) is 0 Å². The Labute approximate surface area is 124 Å². The van der Waals surface area contributed by atoms with Crippen LogP contribution in [0.1, 0.15) is 12.8 Å². The second-order valence-electron chi connectivity index (χ2n) is 4.81. The summed E-state index contributed by atoms with van der Waals surface area (Å²) in [5, 5.41) is 0. The minimum absolute atomic E-state index is 0.0826. The minimum Gasteiger partial charge on any atom is -0.493 e. The summed E-state index contributed by atoms with van der Waals surface area (Å²) in [5.41, 5.74) is 6.38. The lowest BCUT2D eigenvalue weighted by Crippen LogP contribution is -2.26. The summed E-state index contributed by atoms with van der Waals surface area (Å²) in [5.74, 6) is 0.763. The zero-order chi connectivity index (χ0) is 15.5. The van der Waals surface area contributed by atoms with Gasteiger partial charge in [0.1, 0.15) is 0 Å². The van der Waals surface area contributed by atoms with Crippen molar-refractivity contribution in [1.82, 2.24) is 0 Å². The van der Waals surface area contributed by atoms with Crippen molar-refractivity contribution in [1.29, 1.82) is 0 Å². The van der Waals surface area contributed by atoms with E-state index in [1.54, 1.807) is 0 Å². The van der Waals surface area contributed by atoms with Gasteiger partial charge in [0.15, 0.2) is 11.5 Å². The van der Waals surface area contributed by atoms with Crippen molar-refractivity contribution in [2.24, 2.45) is 0 Å². The van der Waals surface area contributed by atoms with E-state index in [2.05, 4.69) is 4.72 Å². The van der Waals surface area contributed by atoms with Crippen LogP contribution in [0.15, 0.2) is 12.1 Å². The highest BCUT2D eigenvalue weighted by Crippen LogP contribution is 2.35. The van der Waals surface area contributed by atoms with Gasteiger partial charge in [0.2, 0.25) is 10.0 Å². The average molecular weight is 316 g/mol. The number of ether oxygens (including phenoxy) is 3. The lowest BCUT2D eigenvalue weighted by molar-refractivity contribution is 0.127. The van der Waals surface area contributed by atoms with Crippen LogP contribution in [0.3, 0.4) is 0 Å². The van der Waals surface area contributed by atoms with Gasteiger partial charge in [0, 0.05) is 18.7 Å². The Kier molecular flexibility index (Phi) is 4.79. The fourth-order valence-electron chi connectivity index (χ4n) is 2.21. The first-order valence-corrected chi connectivity index (χ1v) is 8.24. The van der Waals surface area contributed by atoms with Gasteiger partial charge < -0.3 is 19.9 Å². The number of sulfonamides is 1. The highest BCUT2D eigenvalue weighted by atomic mass is 32.2. The van der Waals surface area contributed by atoms with Gasteiger partial charge in [-0.1, -0.05) is 0 Å². The zero-order valence-electron chi connectivity index (χ0n) is 12.1. The van der Waals surface area contributed by atoms with E-state index < -0.39 is 10.0 Å². The molecule has 7 nitrogen and oxygen atoms in total. The Morgan fingerprint density at radius 1 is 1.33 bits per heavy atom. The predicted octanol–water partition coefficient (Wildman–Crippen LogP) is 1.21. The van der Waals surface area contributed by atoms with E-state index >= 15 is 0 Å². The first-order valence-electron chi connectivity index (χ1n) is 6.59. The molecule has 1 saturated heterocycles. The molecule has 0 saturated carbocycles. The number of rotatable bonds is 6. The van der Waals surface area contributed by atoms with E-state index in [0.717, 1.165) is 12.8 Å². The minimum atomic E-state index is -3.54. The molecule has 0 spiro atoms. The van der Waals surface area contributed by atoms with Crippen molar-refractivity contribution in [3.8, 4) is 11.5 Å². The van der Waals surface area contributed by atoms with E-state index in [0.29, 0.717) is 18.1 Å². The molecular weight excluding hydrogens is 296 g/mol. The van der Waals surface area contributed by atoms with Crippen molar-refractivity contribution in [2.75, 3.05) is 37.0 Å². The van der Waals surface area contributed by atoms with Crippen LogP contribution in [-0.2, 0) is 14.8 Å². The maximum absolute atomic E-state index is 12.1. The summed E-state index contributed by atoms with van der Waals surface area (Å²) in [4.78, 5) is 0. The fraction of sp³-hybridized carbons (Fsp3) is 0.538. The van der Waals surface area contributed by atoms with Gasteiger partial charge in [-0.2, -0.15) is 0 Å². The number of nitrogen functional groups attached to an aromatic ring is 1. The van der Waals surface area contributed by atoms with Gasteiger partial charge in [-0.3, -0.25) is 4.72 Å². The van der Waals surface area contributed by atoms with Crippen LogP contribution in [0.25, 0.3) is 0 Å². The number of methoxy groups -OCH3 is 2. The van der Waals surface area contributed by atoms with Gasteiger partial charge in [0.05, 0.1) is 37.5 Å². The molecule has 1 aromatic rings. The molecule has 1 unspecified atom stereocenters. The van der Waals surface area contributed by atoms with Crippen LogP contribution < -0.4 is 19.9 Å². The topological polar surface area (TPSA) is 99.9 Å². The molecule has 1 aliphatic rings. The molecule has 21 heavy (non-hydrogen) atoms. The number of nitrogens with two attached hydrogens (primary N) is 1. The Bertz CT molecular complexity index is 597. The SMILES string of the molecule is COc1cc(N)c(NS(=O)(=O)CC2CCCO2)cc1OC. The highest BCUT2D eigenvalue weighted by Gasteiger charge is 2.24. The molecule has 0 aliphatic carbocycles. The maximum Gasteiger partial charge on any atom is 0.235 e. The number of anilines is 2. The van der Waals surface area contributed by atoms with Crippen molar-refractivity contribution in [3.63, 3.8) is 0 Å². The third kappa shape index (κ3) is 3.92. The van der Waals surface area contributed by atoms with E-state index in [1.807, 2.05) is 0 Å². The van der Waals surface area contributed by atoms with Crippen LogP contribution in [-0.4, -0.2) is 41.1 Å². The number of benzene rings is 1. The molecule has 1 fully saturated rings. The smallest absolute Gasteiger partial charge is 0.235 e. The molecule has 0 radical (unpaired) electrons. The van der Waals surface area contributed by atoms with Crippen LogP contribution in [0.4, 0.5) is 11.4 Å². The third-order valence-electron chi connectivity index (χ3n) is 3.25. The van der Waals surface area contributed by atoms with Crippen LogP contribution in [0.2, 0.25) is 0 Å². The monoisotopic (exact) mass is 316 g/mol. The molecule has 0 amide bonds. The summed E-state index contributed by atoms with van der Waals surface area (Å²) in [6, 6.07) is 3.02. The fourth-order valence-corrected chi connectivity index (χ4v) is 3.56. The third-order valence-corrected chi connectivity index (χ3v) is 4.59. The Balaban J connectivity index is 2.17. The van der Waals surface area contributed by atoms with Crippen molar-refractivity contribution >= 4 is 21.4 Å². The quantitative estimate of drug-likeness (QED) is 0.765. The van der Waals surface area contributed by atoms with E-state index in [4.69, 9.17) is 19.9 Å². The molecule has 1 heterocycles. The van der Waals surface area contributed by atoms with Gasteiger partial charge in [-0.05, 0) is 12.8 Å². The molecule has 1 atom stereocenters. The molecule has 1 aromatic carbocycles. The first-order chi connectivity index (χ1) is 9.95. The lowest BCUT2D eigenvalue weighted by Gasteiger charge is -2.15. The molecule has 0 bridgehead atoms. The first kappa shape index (κ1) is 15.7. The molecule has 2 rings (SSSR count). The van der Waals surface area contributed by atoms with Gasteiger partial charge in [0.25, 0.3) is 0 Å². The maximum atomic E-state index is 12.1. The second kappa shape index (κ2) is 6.40. The van der Waals surface area contributed by atoms with Crippen molar-refractivity contribution < 1.29 is 22.6 Å². The Morgan fingerprint density at radius 2 is 2.00 bits per heavy atom. The summed E-state index contributed by atoms with van der Waals surface area (Å²) in [6.07, 6.45) is 1.38. The van der Waals surface area contributed by atoms with Gasteiger partial charge in [-0.15, -0.1) is 0 Å². The summed E-state index contributed by atoms with van der Waals surface area (Å²) >= 11 is 0. The second-order valence-corrected chi connectivity index (χ2v) is 6.58. The van der Waals surface area contributed by atoms with E-state index in [-0.39, 0.29) is 23.2 Å². The van der Waals surface area contributed by atoms with Crippen LogP contribution >= 0.6 is 0 Å². The largest absolute Gasteiger partial charge is 0.493 e. The van der Waals surface area contributed by atoms with E-state index in [1.165, 1.54) is 26.4 Å². The summed E-state index contributed by atoms with van der Waals surface area (Å²) in [6.45, 7) is 0.610. The molecule has 3 N–H and O–H groups in total. The molecule has 1 aliphatic heterocycles. The Hall–Kier alpha value is -1.67. The lowest BCUT2D eigenvalue weighted by atomic mass is 10.2.